The van der Waals surface area contributed by atoms with Gasteiger partial charge in [-0.05, 0) is 36.7 Å². The van der Waals surface area contributed by atoms with Crippen molar-refractivity contribution in [2.45, 2.75) is 38.5 Å². The lowest BCUT2D eigenvalue weighted by Crippen LogP contribution is -2.24. The van der Waals surface area contributed by atoms with E-state index in [0.29, 0.717) is 17.7 Å². The lowest BCUT2D eigenvalue weighted by atomic mass is 9.99. The van der Waals surface area contributed by atoms with Gasteiger partial charge in [-0.25, -0.2) is 4.79 Å². The molecule has 0 spiro atoms. The fourth-order valence-corrected chi connectivity index (χ4v) is 3.27. The SMILES string of the molecule is CC(C(=O)OCC[Si](C)(C)C)c1cccc(N=[N+]=[N-])c1OC(=O)c1ccccc1. The van der Waals surface area contributed by atoms with E-state index in [1.807, 2.05) is 0 Å². The molecule has 2 rings (SSSR count). The minimum Gasteiger partial charge on any atom is -0.466 e. The molecule has 0 aliphatic rings. The molecule has 0 radical (unpaired) electrons. The van der Waals surface area contributed by atoms with Crippen molar-refractivity contribution in [3.05, 3.63) is 70.1 Å². The maximum atomic E-state index is 12.6. The molecule has 0 N–H and O–H groups in total. The molecule has 2 aromatic rings. The third kappa shape index (κ3) is 6.48. The molecule has 2 aromatic carbocycles. The summed E-state index contributed by atoms with van der Waals surface area (Å²) in [6, 6.07) is 14.2. The van der Waals surface area contributed by atoms with Crippen LogP contribution >= 0.6 is 0 Å². The molecule has 1 unspecified atom stereocenters. The van der Waals surface area contributed by atoms with Crippen molar-refractivity contribution in [2.75, 3.05) is 6.61 Å². The summed E-state index contributed by atoms with van der Waals surface area (Å²) in [5.41, 5.74) is 9.77. The molecule has 0 amide bonds. The van der Waals surface area contributed by atoms with E-state index >= 15 is 0 Å². The Morgan fingerprint density at radius 1 is 1.10 bits per heavy atom. The number of azide groups is 1. The van der Waals surface area contributed by atoms with Crippen molar-refractivity contribution in [1.29, 1.82) is 0 Å². The van der Waals surface area contributed by atoms with Gasteiger partial charge in [-0.15, -0.1) is 0 Å². The zero-order valence-corrected chi connectivity index (χ0v) is 18.1. The average molecular weight is 412 g/mol. The molecule has 0 aliphatic carbocycles. The zero-order chi connectivity index (χ0) is 21.4. The highest BCUT2D eigenvalue weighted by molar-refractivity contribution is 6.76. The number of rotatable bonds is 8. The fourth-order valence-electron chi connectivity index (χ4n) is 2.56. The van der Waals surface area contributed by atoms with Crippen LogP contribution in [0.15, 0.2) is 53.6 Å². The van der Waals surface area contributed by atoms with Gasteiger partial charge in [-0.1, -0.05) is 55.1 Å². The van der Waals surface area contributed by atoms with Gasteiger partial charge in [-0.2, -0.15) is 0 Å². The van der Waals surface area contributed by atoms with Gasteiger partial charge in [0.1, 0.15) is 5.75 Å². The third-order valence-electron chi connectivity index (χ3n) is 4.30. The van der Waals surface area contributed by atoms with Crippen LogP contribution in [0.3, 0.4) is 0 Å². The van der Waals surface area contributed by atoms with Gasteiger partial charge >= 0.3 is 11.9 Å². The number of nitrogens with zero attached hydrogens (tertiary/aromatic N) is 3. The lowest BCUT2D eigenvalue weighted by molar-refractivity contribution is -0.144. The summed E-state index contributed by atoms with van der Waals surface area (Å²) >= 11 is 0. The van der Waals surface area contributed by atoms with Gasteiger partial charge in [0.25, 0.3) is 0 Å². The molecule has 0 aliphatic heterocycles. The van der Waals surface area contributed by atoms with E-state index in [1.165, 1.54) is 6.07 Å². The molecule has 0 heterocycles. The number of hydrogen-bond acceptors (Lipinski definition) is 5. The van der Waals surface area contributed by atoms with Gasteiger partial charge in [0.15, 0.2) is 0 Å². The third-order valence-corrected chi connectivity index (χ3v) is 6.00. The van der Waals surface area contributed by atoms with Gasteiger partial charge < -0.3 is 9.47 Å². The van der Waals surface area contributed by atoms with Crippen LogP contribution in [0.4, 0.5) is 5.69 Å². The van der Waals surface area contributed by atoms with Crippen LogP contribution in [0.5, 0.6) is 5.75 Å². The molecular formula is C21H25N3O4Si. The van der Waals surface area contributed by atoms with Crippen LogP contribution < -0.4 is 4.74 Å². The minimum absolute atomic E-state index is 0.0637. The number of carbonyl (C=O) groups excluding carboxylic acids is 2. The number of para-hydroxylation sites is 1. The monoisotopic (exact) mass is 411 g/mol. The molecular weight excluding hydrogens is 386 g/mol. The van der Waals surface area contributed by atoms with Crippen LogP contribution in [0.25, 0.3) is 10.4 Å². The van der Waals surface area contributed by atoms with Gasteiger partial charge in [0, 0.05) is 18.5 Å². The predicted molar refractivity (Wildman–Crippen MR) is 114 cm³/mol. The van der Waals surface area contributed by atoms with E-state index in [4.69, 9.17) is 15.0 Å². The first kappa shape index (κ1) is 22.2. The first-order valence-corrected chi connectivity index (χ1v) is 13.1. The summed E-state index contributed by atoms with van der Waals surface area (Å²) in [7, 11) is -1.33. The van der Waals surface area contributed by atoms with E-state index < -0.39 is 25.9 Å². The Hall–Kier alpha value is -3.09. The summed E-state index contributed by atoms with van der Waals surface area (Å²) in [5.74, 6) is -1.65. The summed E-state index contributed by atoms with van der Waals surface area (Å²) in [5, 5.41) is 3.61. The predicted octanol–water partition coefficient (Wildman–Crippen LogP) is 5.83. The van der Waals surface area contributed by atoms with E-state index in [1.54, 1.807) is 49.4 Å². The molecule has 0 saturated carbocycles. The van der Waals surface area contributed by atoms with Gasteiger partial charge in [0.2, 0.25) is 0 Å². The van der Waals surface area contributed by atoms with Gasteiger partial charge in [-0.3, -0.25) is 4.79 Å². The zero-order valence-electron chi connectivity index (χ0n) is 17.1. The van der Waals surface area contributed by atoms with Crippen molar-refractivity contribution in [3.8, 4) is 5.75 Å². The Bertz CT molecular complexity index is 919. The summed E-state index contributed by atoms with van der Waals surface area (Å²) < 4.78 is 11.0. The molecule has 29 heavy (non-hydrogen) atoms. The maximum absolute atomic E-state index is 12.6. The van der Waals surface area contributed by atoms with Gasteiger partial charge in [0.05, 0.1) is 23.8 Å². The van der Waals surface area contributed by atoms with Crippen LogP contribution in [0.2, 0.25) is 25.7 Å². The molecule has 8 heteroatoms. The molecule has 0 fully saturated rings. The largest absolute Gasteiger partial charge is 0.466 e. The lowest BCUT2D eigenvalue weighted by Gasteiger charge is -2.19. The highest BCUT2D eigenvalue weighted by atomic mass is 28.3. The molecule has 1 atom stereocenters. The van der Waals surface area contributed by atoms with Crippen molar-refractivity contribution >= 4 is 25.7 Å². The summed E-state index contributed by atoms with van der Waals surface area (Å²) in [6.07, 6.45) is 0. The highest BCUT2D eigenvalue weighted by Gasteiger charge is 2.25. The van der Waals surface area contributed by atoms with E-state index in [2.05, 4.69) is 29.7 Å². The number of ether oxygens (including phenoxy) is 2. The molecule has 0 bridgehead atoms. The van der Waals surface area contributed by atoms with Crippen LogP contribution in [0.1, 0.15) is 28.8 Å². The standard InChI is InChI=1S/C21H25N3O4Si/c1-15(20(25)27-13-14-29(2,3)4)17-11-8-12-18(23-24-22)19(17)28-21(26)16-9-6-5-7-10-16/h5-12,15H,13-14H2,1-4H3. The van der Waals surface area contributed by atoms with E-state index in [-0.39, 0.29) is 11.4 Å². The number of esters is 2. The molecule has 0 aromatic heterocycles. The topological polar surface area (TPSA) is 101 Å². The van der Waals surface area contributed by atoms with Crippen LogP contribution in [-0.2, 0) is 9.53 Å². The second-order valence-electron chi connectivity index (χ2n) is 7.84. The fraction of sp³-hybridized carbons (Fsp3) is 0.333. The Labute approximate surface area is 171 Å². The van der Waals surface area contributed by atoms with Crippen LogP contribution in [0, 0.1) is 0 Å². The van der Waals surface area contributed by atoms with Crippen molar-refractivity contribution in [2.24, 2.45) is 5.11 Å². The van der Waals surface area contributed by atoms with E-state index in [0.717, 1.165) is 6.04 Å². The Morgan fingerprint density at radius 3 is 2.41 bits per heavy atom. The van der Waals surface area contributed by atoms with Crippen molar-refractivity contribution in [1.82, 2.24) is 0 Å². The first-order valence-electron chi connectivity index (χ1n) is 9.35. The smallest absolute Gasteiger partial charge is 0.343 e. The Morgan fingerprint density at radius 2 is 1.79 bits per heavy atom. The number of hydrogen-bond donors (Lipinski definition) is 0. The quantitative estimate of drug-likeness (QED) is 0.136. The van der Waals surface area contributed by atoms with Crippen molar-refractivity contribution < 1.29 is 19.1 Å². The molecule has 7 nitrogen and oxygen atoms in total. The minimum atomic E-state index is -1.33. The van der Waals surface area contributed by atoms with Crippen molar-refractivity contribution in [3.63, 3.8) is 0 Å². The number of carbonyl (C=O) groups is 2. The average Bonchev–Trinajstić information content (AvgIpc) is 2.68. The molecule has 0 saturated heterocycles. The highest BCUT2D eigenvalue weighted by Crippen LogP contribution is 2.37. The summed E-state index contributed by atoms with van der Waals surface area (Å²) in [6.45, 7) is 8.64. The second kappa shape index (κ2) is 9.91. The van der Waals surface area contributed by atoms with E-state index in [9.17, 15) is 9.59 Å². The normalized spacial score (nSPS) is 11.9. The number of benzene rings is 2. The van der Waals surface area contributed by atoms with Crippen LogP contribution in [-0.4, -0.2) is 26.6 Å². The second-order valence-corrected chi connectivity index (χ2v) is 13.5. The molecule has 152 valence electrons. The first-order chi connectivity index (χ1) is 13.7. The maximum Gasteiger partial charge on any atom is 0.343 e. The Kier molecular flexibility index (Phi) is 7.58. The Balaban J connectivity index is 2.29. The summed E-state index contributed by atoms with van der Waals surface area (Å²) in [4.78, 5) is 27.9.